The predicted molar refractivity (Wildman–Crippen MR) is 172 cm³/mol. The summed E-state index contributed by atoms with van der Waals surface area (Å²) in [6.45, 7) is 1.87. The van der Waals surface area contributed by atoms with Gasteiger partial charge in [-0.3, -0.25) is 28.7 Å². The Labute approximate surface area is 283 Å². The molecule has 0 radical (unpaired) electrons. The zero-order valence-corrected chi connectivity index (χ0v) is 28.0. The first-order chi connectivity index (χ1) is 23.1. The fraction of sp³-hybridized carbons (Fsp3) is 0.438. The Kier molecular flexibility index (Phi) is 9.08. The number of likely N-dealkylation sites (tertiary alicyclic amines) is 1. The smallest absolute Gasteiger partial charge is 0.350 e. The largest absolute Gasteiger partial charge is 0.399 e. The molecule has 3 fully saturated rings. The number of benzene rings is 1. The molecule has 258 valence electrons. The van der Waals surface area contributed by atoms with Gasteiger partial charge in [0.2, 0.25) is 17.7 Å². The van der Waals surface area contributed by atoms with Crippen LogP contribution in [0.3, 0.4) is 0 Å². The van der Waals surface area contributed by atoms with Gasteiger partial charge < -0.3 is 29.8 Å². The second kappa shape index (κ2) is 12.9. The van der Waals surface area contributed by atoms with Gasteiger partial charge in [0.25, 0.3) is 5.91 Å². The number of nitrogens with zero attached hydrogens (tertiary/aromatic N) is 5. The van der Waals surface area contributed by atoms with E-state index in [0.717, 1.165) is 23.5 Å². The van der Waals surface area contributed by atoms with E-state index in [1.165, 1.54) is 19.1 Å². The van der Waals surface area contributed by atoms with Gasteiger partial charge in [0.05, 0.1) is 22.6 Å². The van der Waals surface area contributed by atoms with Crippen LogP contribution >= 0.6 is 18.9 Å². The van der Waals surface area contributed by atoms with Gasteiger partial charge in [-0.15, -0.1) is 11.3 Å². The molecular formula is C32H33F2N6O7PS. The van der Waals surface area contributed by atoms with Crippen LogP contribution in [0.5, 0.6) is 0 Å². The Bertz CT molecular complexity index is 1910. The van der Waals surface area contributed by atoms with Crippen LogP contribution in [0.15, 0.2) is 48.7 Å². The number of hydrogen-bond donors (Lipinski definition) is 3. The number of rotatable bonds is 7. The molecule has 0 aliphatic carbocycles. The highest BCUT2D eigenvalue weighted by Gasteiger charge is 2.53. The molecule has 17 heteroatoms. The number of fused-ring (bicyclic) bond motifs is 2. The molecule has 4 amide bonds. The number of alkyl halides is 2. The lowest BCUT2D eigenvalue weighted by Gasteiger charge is -2.47. The standard InChI is InChI=1S/C32H33F2N6O7PS/c1-19(41)38-11-9-23-6-7-24(30(44)39-17-31(16-35,18-39)27-4-2-3-10-36-27)40(23)29(43)21(15-38)14-37-28(42)26-13-20-12-22(5-8-25(20)49-26)32(33,34)48(45,46)47/h2-5,8,10,12-13,21,23-24H,6-7,9,11,14-15,17-18H2,1H3,(H,37,42)(H2,45,46,47)/t21?,23-,24+/m1/s1. The van der Waals surface area contributed by atoms with E-state index in [0.29, 0.717) is 36.2 Å². The van der Waals surface area contributed by atoms with Crippen LogP contribution in [-0.4, -0.2) is 97.9 Å². The van der Waals surface area contributed by atoms with Gasteiger partial charge in [-0.1, -0.05) is 12.1 Å². The molecule has 3 saturated heterocycles. The first-order valence-electron chi connectivity index (χ1n) is 15.6. The molecule has 3 N–H and O–H groups in total. The Morgan fingerprint density at radius 2 is 1.90 bits per heavy atom. The summed E-state index contributed by atoms with van der Waals surface area (Å²) in [7, 11) is -5.79. The van der Waals surface area contributed by atoms with Crippen LogP contribution in [-0.2, 0) is 30.0 Å². The molecule has 3 atom stereocenters. The van der Waals surface area contributed by atoms with Gasteiger partial charge in [0.1, 0.15) is 11.5 Å². The summed E-state index contributed by atoms with van der Waals surface area (Å²) in [5, 5.41) is 12.8. The van der Waals surface area contributed by atoms with E-state index in [1.807, 2.05) is 0 Å². The average molecular weight is 715 g/mol. The van der Waals surface area contributed by atoms with Gasteiger partial charge in [0, 0.05) is 62.1 Å². The number of aromatic nitrogens is 1. The summed E-state index contributed by atoms with van der Waals surface area (Å²) in [5.74, 6) is -2.39. The van der Waals surface area contributed by atoms with Crippen molar-refractivity contribution in [2.45, 2.75) is 49.3 Å². The van der Waals surface area contributed by atoms with E-state index in [2.05, 4.69) is 16.4 Å². The number of carbonyl (C=O) groups excluding carboxylic acids is 4. The molecular weight excluding hydrogens is 681 g/mol. The summed E-state index contributed by atoms with van der Waals surface area (Å²) in [4.78, 5) is 81.0. The van der Waals surface area contributed by atoms with Crippen molar-refractivity contribution in [3.05, 3.63) is 64.8 Å². The van der Waals surface area contributed by atoms with Crippen LogP contribution in [0.1, 0.15) is 47.1 Å². The normalized spacial score (nSPS) is 22.5. The number of thiophene rings is 1. The Morgan fingerprint density at radius 3 is 2.55 bits per heavy atom. The van der Waals surface area contributed by atoms with Crippen molar-refractivity contribution in [3.8, 4) is 6.07 Å². The molecule has 3 aliphatic rings. The van der Waals surface area contributed by atoms with Crippen LogP contribution in [0, 0.1) is 17.2 Å². The average Bonchev–Trinajstić information content (AvgIpc) is 3.67. The van der Waals surface area contributed by atoms with Crippen molar-refractivity contribution >= 4 is 52.6 Å². The quantitative estimate of drug-likeness (QED) is 0.310. The fourth-order valence-corrected chi connectivity index (χ4v) is 8.29. The summed E-state index contributed by atoms with van der Waals surface area (Å²) >= 11 is 0.976. The predicted octanol–water partition coefficient (Wildman–Crippen LogP) is 2.78. The Hall–Kier alpha value is -4.29. The summed E-state index contributed by atoms with van der Waals surface area (Å²) in [6, 6.07) is 10.9. The van der Waals surface area contributed by atoms with Crippen molar-refractivity contribution in [1.29, 1.82) is 5.26 Å². The number of hydrogen-bond acceptors (Lipinski definition) is 8. The fourth-order valence-electron chi connectivity index (χ4n) is 6.85. The molecule has 3 aliphatic heterocycles. The molecule has 3 aromatic rings. The molecule has 6 rings (SSSR count). The third-order valence-electron chi connectivity index (χ3n) is 9.57. The summed E-state index contributed by atoms with van der Waals surface area (Å²) in [5.41, 5.74) is -5.65. The van der Waals surface area contributed by atoms with Gasteiger partial charge in [-0.2, -0.15) is 14.0 Å². The zero-order chi connectivity index (χ0) is 35.3. The lowest BCUT2D eigenvalue weighted by Crippen LogP contribution is -2.65. The minimum absolute atomic E-state index is 0.00669. The highest BCUT2D eigenvalue weighted by Crippen LogP contribution is 2.59. The molecule has 5 heterocycles. The van der Waals surface area contributed by atoms with Crippen LogP contribution < -0.4 is 5.32 Å². The van der Waals surface area contributed by atoms with Gasteiger partial charge >= 0.3 is 13.3 Å². The highest BCUT2D eigenvalue weighted by molar-refractivity contribution is 7.52. The first kappa shape index (κ1) is 34.6. The molecule has 49 heavy (non-hydrogen) atoms. The number of nitrogens with one attached hydrogen (secondary N) is 1. The Morgan fingerprint density at radius 1 is 1.14 bits per heavy atom. The van der Waals surface area contributed by atoms with E-state index in [-0.39, 0.29) is 60.2 Å². The summed E-state index contributed by atoms with van der Waals surface area (Å²) in [6.07, 6.45) is 3.04. The Balaban J connectivity index is 1.18. The van der Waals surface area contributed by atoms with Crippen LogP contribution in [0.25, 0.3) is 10.1 Å². The summed E-state index contributed by atoms with van der Waals surface area (Å²) < 4.78 is 40.3. The van der Waals surface area contributed by atoms with Gasteiger partial charge in [0.15, 0.2) is 0 Å². The molecule has 0 spiro atoms. The second-order valence-corrected chi connectivity index (χ2v) is 15.4. The van der Waals surface area contributed by atoms with Crippen molar-refractivity contribution in [2.75, 3.05) is 32.7 Å². The lowest BCUT2D eigenvalue weighted by atomic mass is 9.77. The first-order valence-corrected chi connectivity index (χ1v) is 18.0. The molecule has 1 aromatic carbocycles. The molecule has 0 saturated carbocycles. The zero-order valence-electron chi connectivity index (χ0n) is 26.3. The maximum Gasteiger partial charge on any atom is 0.399 e. The maximum atomic E-state index is 14.3. The van der Waals surface area contributed by atoms with E-state index in [4.69, 9.17) is 9.79 Å². The van der Waals surface area contributed by atoms with Crippen LogP contribution in [0.4, 0.5) is 8.78 Å². The van der Waals surface area contributed by atoms with Crippen molar-refractivity contribution in [2.24, 2.45) is 5.92 Å². The number of amides is 4. The van der Waals surface area contributed by atoms with E-state index in [9.17, 15) is 37.8 Å². The molecule has 2 aromatic heterocycles. The van der Waals surface area contributed by atoms with Crippen molar-refractivity contribution in [3.63, 3.8) is 0 Å². The topological polar surface area (TPSA) is 184 Å². The third-order valence-corrected chi connectivity index (χ3v) is 11.7. The monoisotopic (exact) mass is 714 g/mol. The third kappa shape index (κ3) is 6.32. The number of pyridine rings is 1. The lowest BCUT2D eigenvalue weighted by molar-refractivity contribution is -0.153. The number of halogens is 2. The molecule has 1 unspecified atom stereocenters. The van der Waals surface area contributed by atoms with Crippen molar-refractivity contribution in [1.82, 2.24) is 25.0 Å². The number of carbonyl (C=O) groups is 4. The van der Waals surface area contributed by atoms with Crippen molar-refractivity contribution < 1.29 is 42.3 Å². The minimum Gasteiger partial charge on any atom is -0.350 e. The van der Waals surface area contributed by atoms with Gasteiger partial charge in [-0.25, -0.2) is 0 Å². The molecule has 0 bridgehead atoms. The SMILES string of the molecule is CC(=O)N1CC[C@H]2CC[C@@H](C(=O)N3CC(C#N)(c4ccccn4)C3)N2C(=O)C(CNC(=O)c2cc3cc(C(F)(F)P(=O)(O)O)ccc3s2)C1. The second-order valence-electron chi connectivity index (χ2n) is 12.7. The minimum atomic E-state index is -5.79. The van der Waals surface area contributed by atoms with Gasteiger partial charge in [-0.05, 0) is 55.0 Å². The van der Waals surface area contributed by atoms with E-state index < -0.39 is 42.1 Å². The maximum absolute atomic E-state index is 14.3. The highest BCUT2D eigenvalue weighted by atomic mass is 32.1. The van der Waals surface area contributed by atoms with E-state index >= 15 is 0 Å². The molecule has 13 nitrogen and oxygen atoms in total. The number of nitriles is 1. The van der Waals surface area contributed by atoms with E-state index in [1.54, 1.807) is 39.1 Å². The van der Waals surface area contributed by atoms with Crippen LogP contribution in [0.2, 0.25) is 0 Å².